The molecule has 0 aromatic heterocycles. The van der Waals surface area contributed by atoms with Gasteiger partial charge in [0.05, 0.1) is 12.0 Å². The van der Waals surface area contributed by atoms with Crippen molar-refractivity contribution in [3.63, 3.8) is 0 Å². The Kier molecular flexibility index (Phi) is 4.82. The van der Waals surface area contributed by atoms with Crippen LogP contribution in [0.25, 0.3) is 0 Å². The van der Waals surface area contributed by atoms with E-state index in [-0.39, 0.29) is 23.7 Å². The van der Waals surface area contributed by atoms with Crippen LogP contribution >= 0.6 is 11.8 Å². The average molecular weight is 283 g/mol. The SMILES string of the molecule is CO[C@]1(CNC(=O)Cc2ccc(F)cc2)CCSC1. The highest BCUT2D eigenvalue weighted by molar-refractivity contribution is 7.99. The molecular weight excluding hydrogens is 265 g/mol. The summed E-state index contributed by atoms with van der Waals surface area (Å²) in [6.07, 6.45) is 1.23. The molecule has 0 spiro atoms. The molecule has 5 heteroatoms. The fourth-order valence-corrected chi connectivity index (χ4v) is 3.47. The van der Waals surface area contributed by atoms with Crippen LogP contribution in [0, 0.1) is 5.82 Å². The van der Waals surface area contributed by atoms with Crippen molar-refractivity contribution < 1.29 is 13.9 Å². The van der Waals surface area contributed by atoms with Gasteiger partial charge >= 0.3 is 0 Å². The van der Waals surface area contributed by atoms with Crippen LogP contribution in [0.15, 0.2) is 24.3 Å². The molecule has 0 unspecified atom stereocenters. The largest absolute Gasteiger partial charge is 0.376 e. The van der Waals surface area contributed by atoms with Crippen molar-refractivity contribution in [2.45, 2.75) is 18.4 Å². The molecule has 1 aliphatic rings. The lowest BCUT2D eigenvalue weighted by Crippen LogP contribution is -2.44. The summed E-state index contributed by atoms with van der Waals surface area (Å²) in [5.74, 6) is 1.65. The lowest BCUT2D eigenvalue weighted by atomic mass is 10.0. The zero-order valence-electron chi connectivity index (χ0n) is 10.9. The van der Waals surface area contributed by atoms with E-state index < -0.39 is 0 Å². The topological polar surface area (TPSA) is 38.3 Å². The smallest absolute Gasteiger partial charge is 0.224 e. The summed E-state index contributed by atoms with van der Waals surface area (Å²) in [6.45, 7) is 0.538. The van der Waals surface area contributed by atoms with E-state index in [0.29, 0.717) is 6.54 Å². The number of nitrogens with one attached hydrogen (secondary N) is 1. The van der Waals surface area contributed by atoms with Crippen molar-refractivity contribution in [2.75, 3.05) is 25.2 Å². The molecule has 2 rings (SSSR count). The van der Waals surface area contributed by atoms with Crippen LogP contribution < -0.4 is 5.32 Å². The van der Waals surface area contributed by atoms with Crippen LogP contribution in [0.2, 0.25) is 0 Å². The van der Waals surface area contributed by atoms with Crippen LogP contribution in [0.3, 0.4) is 0 Å². The van der Waals surface area contributed by atoms with Gasteiger partial charge in [-0.05, 0) is 29.9 Å². The molecule has 0 saturated carbocycles. The molecule has 1 N–H and O–H groups in total. The Morgan fingerprint density at radius 1 is 1.47 bits per heavy atom. The van der Waals surface area contributed by atoms with Gasteiger partial charge in [-0.25, -0.2) is 4.39 Å². The summed E-state index contributed by atoms with van der Waals surface area (Å²) in [5, 5.41) is 2.91. The first-order valence-electron chi connectivity index (χ1n) is 6.28. The Balaban J connectivity index is 1.82. The highest BCUT2D eigenvalue weighted by Gasteiger charge is 2.34. The fourth-order valence-electron chi connectivity index (χ4n) is 2.07. The highest BCUT2D eigenvalue weighted by atomic mass is 32.2. The van der Waals surface area contributed by atoms with E-state index in [0.717, 1.165) is 23.5 Å². The number of hydrogen-bond acceptors (Lipinski definition) is 3. The van der Waals surface area contributed by atoms with Gasteiger partial charge in [-0.3, -0.25) is 4.79 Å². The van der Waals surface area contributed by atoms with Crippen LogP contribution in [-0.4, -0.2) is 36.7 Å². The maximum Gasteiger partial charge on any atom is 0.224 e. The van der Waals surface area contributed by atoms with Gasteiger partial charge in [-0.1, -0.05) is 12.1 Å². The molecule has 0 radical (unpaired) electrons. The number of thioether (sulfide) groups is 1. The summed E-state index contributed by atoms with van der Waals surface area (Å²) >= 11 is 1.84. The summed E-state index contributed by atoms with van der Waals surface area (Å²) in [7, 11) is 1.69. The Morgan fingerprint density at radius 3 is 2.79 bits per heavy atom. The van der Waals surface area contributed by atoms with E-state index in [1.165, 1.54) is 12.1 Å². The van der Waals surface area contributed by atoms with Crippen LogP contribution in [0.1, 0.15) is 12.0 Å². The third-order valence-electron chi connectivity index (χ3n) is 3.39. The number of carbonyl (C=O) groups excluding carboxylic acids is 1. The van der Waals surface area contributed by atoms with Gasteiger partial charge < -0.3 is 10.1 Å². The molecule has 1 aliphatic heterocycles. The lowest BCUT2D eigenvalue weighted by Gasteiger charge is -2.26. The van der Waals surface area contributed by atoms with E-state index in [1.807, 2.05) is 11.8 Å². The average Bonchev–Trinajstić information content (AvgIpc) is 2.89. The number of rotatable bonds is 5. The van der Waals surface area contributed by atoms with Gasteiger partial charge in [0.2, 0.25) is 5.91 Å². The van der Waals surface area contributed by atoms with Crippen molar-refractivity contribution >= 4 is 17.7 Å². The molecule has 1 fully saturated rings. The van der Waals surface area contributed by atoms with Crippen LogP contribution in [-0.2, 0) is 16.0 Å². The summed E-state index contributed by atoms with van der Waals surface area (Å²) in [5.41, 5.74) is 0.592. The normalized spacial score (nSPS) is 22.4. The summed E-state index contributed by atoms with van der Waals surface area (Å²) < 4.78 is 18.3. The first-order valence-corrected chi connectivity index (χ1v) is 7.43. The molecular formula is C14H18FNO2S. The Morgan fingerprint density at radius 2 is 2.21 bits per heavy atom. The molecule has 1 heterocycles. The summed E-state index contributed by atoms with van der Waals surface area (Å²) in [6, 6.07) is 6.00. The third-order valence-corrected chi connectivity index (χ3v) is 4.61. The lowest BCUT2D eigenvalue weighted by molar-refractivity contribution is -0.121. The third kappa shape index (κ3) is 3.94. The molecule has 1 atom stereocenters. The number of amides is 1. The number of halogens is 1. The quantitative estimate of drug-likeness (QED) is 0.898. The number of carbonyl (C=O) groups is 1. The molecule has 1 aromatic rings. The maximum atomic E-state index is 12.8. The molecule has 0 bridgehead atoms. The van der Waals surface area contributed by atoms with Gasteiger partial charge in [0, 0.05) is 19.4 Å². The first-order chi connectivity index (χ1) is 9.13. The van der Waals surface area contributed by atoms with Gasteiger partial charge in [-0.2, -0.15) is 11.8 Å². The van der Waals surface area contributed by atoms with E-state index >= 15 is 0 Å². The molecule has 1 saturated heterocycles. The predicted molar refractivity (Wildman–Crippen MR) is 74.8 cm³/mol. The molecule has 1 aromatic carbocycles. The van der Waals surface area contributed by atoms with Gasteiger partial charge in [0.1, 0.15) is 5.82 Å². The second-order valence-corrected chi connectivity index (χ2v) is 5.87. The number of hydrogen-bond donors (Lipinski definition) is 1. The Hall–Kier alpha value is -1.07. The number of benzene rings is 1. The van der Waals surface area contributed by atoms with Gasteiger partial charge in [0.15, 0.2) is 0 Å². The van der Waals surface area contributed by atoms with Crippen molar-refractivity contribution in [1.82, 2.24) is 5.32 Å². The molecule has 1 amide bonds. The van der Waals surface area contributed by atoms with E-state index in [2.05, 4.69) is 5.32 Å². The first kappa shape index (κ1) is 14.3. The van der Waals surface area contributed by atoms with Crippen LogP contribution in [0.5, 0.6) is 0 Å². The fraction of sp³-hybridized carbons (Fsp3) is 0.500. The second-order valence-electron chi connectivity index (χ2n) is 4.77. The zero-order valence-corrected chi connectivity index (χ0v) is 11.8. The van der Waals surface area contributed by atoms with E-state index in [4.69, 9.17) is 4.74 Å². The molecule has 0 aliphatic carbocycles. The van der Waals surface area contributed by atoms with Gasteiger partial charge in [-0.15, -0.1) is 0 Å². The van der Waals surface area contributed by atoms with E-state index in [9.17, 15) is 9.18 Å². The molecule has 19 heavy (non-hydrogen) atoms. The molecule has 104 valence electrons. The van der Waals surface area contributed by atoms with Crippen molar-refractivity contribution in [2.24, 2.45) is 0 Å². The minimum atomic E-state index is -0.287. The van der Waals surface area contributed by atoms with Crippen LogP contribution in [0.4, 0.5) is 4.39 Å². The van der Waals surface area contributed by atoms with Gasteiger partial charge in [0.25, 0.3) is 0 Å². The van der Waals surface area contributed by atoms with E-state index in [1.54, 1.807) is 19.2 Å². The minimum Gasteiger partial charge on any atom is -0.376 e. The second kappa shape index (κ2) is 6.39. The van der Waals surface area contributed by atoms with Crippen molar-refractivity contribution in [1.29, 1.82) is 0 Å². The Bertz CT molecular complexity index is 430. The Labute approximate surface area is 116 Å². The maximum absolute atomic E-state index is 12.8. The zero-order chi connectivity index (χ0) is 13.7. The summed E-state index contributed by atoms with van der Waals surface area (Å²) in [4.78, 5) is 11.8. The van der Waals surface area contributed by atoms with Crippen molar-refractivity contribution in [3.05, 3.63) is 35.6 Å². The standard InChI is InChI=1S/C14H18FNO2S/c1-18-14(6-7-19-10-14)9-16-13(17)8-11-2-4-12(15)5-3-11/h2-5H,6-10H2,1H3,(H,16,17)/t14-/m0/s1. The predicted octanol–water partition coefficient (Wildman–Crippen LogP) is 2.01. The number of ether oxygens (including phenoxy) is 1. The minimum absolute atomic E-state index is 0.0556. The highest BCUT2D eigenvalue weighted by Crippen LogP contribution is 2.30. The molecule has 3 nitrogen and oxygen atoms in total. The van der Waals surface area contributed by atoms with Crippen molar-refractivity contribution in [3.8, 4) is 0 Å². The number of methoxy groups -OCH3 is 1. The monoisotopic (exact) mass is 283 g/mol.